The molecule has 4 nitrogen and oxygen atoms in total. The maximum absolute atomic E-state index is 11.5. The van der Waals surface area contributed by atoms with Crippen molar-refractivity contribution in [3.05, 3.63) is 48.0 Å². The largest absolute Gasteiger partial charge is 0.486 e. The normalized spacial score (nSPS) is 13.3. The van der Waals surface area contributed by atoms with Crippen molar-refractivity contribution in [2.75, 3.05) is 13.2 Å². The predicted octanol–water partition coefficient (Wildman–Crippen LogP) is 4.04. The number of fused-ring (bicyclic) bond motifs is 2. The highest BCUT2D eigenvalue weighted by Crippen LogP contribution is 2.41. The summed E-state index contributed by atoms with van der Waals surface area (Å²) in [7, 11) is 0. The SMILES string of the molecule is O=C(O)c1cc(-c2cc3ccccc3s2)cc2c1OCCO2. The van der Waals surface area contributed by atoms with E-state index in [9.17, 15) is 9.90 Å². The van der Waals surface area contributed by atoms with Crippen LogP contribution in [0.3, 0.4) is 0 Å². The second-order valence-corrected chi connectivity index (χ2v) is 6.09. The van der Waals surface area contributed by atoms with E-state index >= 15 is 0 Å². The van der Waals surface area contributed by atoms with Crippen molar-refractivity contribution in [1.29, 1.82) is 0 Å². The summed E-state index contributed by atoms with van der Waals surface area (Å²) in [4.78, 5) is 12.5. The fourth-order valence-electron chi connectivity index (χ4n) is 2.58. The molecule has 1 aliphatic rings. The quantitative estimate of drug-likeness (QED) is 0.776. The fourth-order valence-corrected chi connectivity index (χ4v) is 3.63. The van der Waals surface area contributed by atoms with Gasteiger partial charge in [-0.15, -0.1) is 11.3 Å². The van der Waals surface area contributed by atoms with Crippen LogP contribution in [0.1, 0.15) is 10.4 Å². The molecule has 0 saturated heterocycles. The standard InChI is InChI=1S/C17H12O4S/c18-17(19)12-7-11(8-13-16(12)21-6-5-20-13)15-9-10-3-1-2-4-14(10)22-15/h1-4,7-9H,5-6H2,(H,18,19). The van der Waals surface area contributed by atoms with Gasteiger partial charge < -0.3 is 14.6 Å². The van der Waals surface area contributed by atoms with Gasteiger partial charge in [-0.25, -0.2) is 4.79 Å². The average molecular weight is 312 g/mol. The molecule has 0 spiro atoms. The van der Waals surface area contributed by atoms with Gasteiger partial charge >= 0.3 is 5.97 Å². The monoisotopic (exact) mass is 312 g/mol. The van der Waals surface area contributed by atoms with Crippen LogP contribution >= 0.6 is 11.3 Å². The maximum atomic E-state index is 11.5. The Morgan fingerprint density at radius 2 is 1.91 bits per heavy atom. The first-order valence-electron chi connectivity index (χ1n) is 6.88. The molecule has 0 saturated carbocycles. The highest BCUT2D eigenvalue weighted by molar-refractivity contribution is 7.22. The van der Waals surface area contributed by atoms with Crippen molar-refractivity contribution in [2.45, 2.75) is 0 Å². The molecule has 0 unspecified atom stereocenters. The maximum Gasteiger partial charge on any atom is 0.339 e. The van der Waals surface area contributed by atoms with Crippen molar-refractivity contribution < 1.29 is 19.4 Å². The number of aromatic carboxylic acids is 1. The fraction of sp³-hybridized carbons (Fsp3) is 0.118. The molecule has 22 heavy (non-hydrogen) atoms. The predicted molar refractivity (Wildman–Crippen MR) is 85.2 cm³/mol. The van der Waals surface area contributed by atoms with Crippen LogP contribution in [-0.4, -0.2) is 24.3 Å². The third-order valence-electron chi connectivity index (χ3n) is 3.58. The van der Waals surface area contributed by atoms with Crippen LogP contribution in [-0.2, 0) is 0 Å². The second-order valence-electron chi connectivity index (χ2n) is 5.00. The summed E-state index contributed by atoms with van der Waals surface area (Å²) in [6, 6.07) is 13.7. The Morgan fingerprint density at radius 1 is 1.09 bits per heavy atom. The Kier molecular flexibility index (Phi) is 3.01. The van der Waals surface area contributed by atoms with E-state index in [1.54, 1.807) is 17.4 Å². The average Bonchev–Trinajstić information content (AvgIpc) is 2.97. The highest BCUT2D eigenvalue weighted by Gasteiger charge is 2.22. The third-order valence-corrected chi connectivity index (χ3v) is 4.75. The van der Waals surface area contributed by atoms with Gasteiger partial charge in [0.15, 0.2) is 11.5 Å². The number of ether oxygens (including phenoxy) is 2. The molecule has 0 bridgehead atoms. The molecule has 0 atom stereocenters. The van der Waals surface area contributed by atoms with E-state index in [1.807, 2.05) is 24.3 Å². The minimum Gasteiger partial charge on any atom is -0.486 e. The van der Waals surface area contributed by atoms with E-state index in [0.29, 0.717) is 24.7 Å². The molecular formula is C17H12O4S. The third kappa shape index (κ3) is 2.10. The van der Waals surface area contributed by atoms with E-state index < -0.39 is 5.97 Å². The van der Waals surface area contributed by atoms with Crippen molar-refractivity contribution >= 4 is 27.4 Å². The Bertz CT molecular complexity index is 848. The van der Waals surface area contributed by atoms with Gasteiger partial charge in [-0.2, -0.15) is 0 Å². The molecule has 2 aromatic carbocycles. The Balaban J connectivity index is 1.91. The zero-order chi connectivity index (χ0) is 15.1. The van der Waals surface area contributed by atoms with Crippen LogP contribution in [0, 0.1) is 0 Å². The summed E-state index contributed by atoms with van der Waals surface area (Å²) >= 11 is 1.63. The zero-order valence-electron chi connectivity index (χ0n) is 11.5. The molecule has 1 aliphatic heterocycles. The van der Waals surface area contributed by atoms with Gasteiger partial charge in [0.2, 0.25) is 0 Å². The molecule has 0 fully saturated rings. The summed E-state index contributed by atoms with van der Waals surface area (Å²) in [6.07, 6.45) is 0. The Labute approximate surface area is 130 Å². The first-order valence-corrected chi connectivity index (χ1v) is 7.70. The lowest BCUT2D eigenvalue weighted by Gasteiger charge is -2.20. The van der Waals surface area contributed by atoms with Crippen molar-refractivity contribution in [1.82, 2.24) is 0 Å². The summed E-state index contributed by atoms with van der Waals surface area (Å²) in [5.41, 5.74) is 0.979. The minimum absolute atomic E-state index is 0.143. The molecule has 2 heterocycles. The first kappa shape index (κ1) is 13.2. The lowest BCUT2D eigenvalue weighted by molar-refractivity contribution is 0.0686. The summed E-state index contributed by atoms with van der Waals surface area (Å²) in [5, 5.41) is 10.6. The molecule has 0 radical (unpaired) electrons. The van der Waals surface area contributed by atoms with Gasteiger partial charge in [-0.05, 0) is 35.2 Å². The number of rotatable bonds is 2. The zero-order valence-corrected chi connectivity index (χ0v) is 12.4. The van der Waals surface area contributed by atoms with Crippen molar-refractivity contribution in [3.63, 3.8) is 0 Å². The molecule has 0 amide bonds. The van der Waals surface area contributed by atoms with Crippen LogP contribution in [0.15, 0.2) is 42.5 Å². The number of thiophene rings is 1. The molecule has 3 aromatic rings. The van der Waals surface area contributed by atoms with Crippen LogP contribution in [0.25, 0.3) is 20.5 Å². The van der Waals surface area contributed by atoms with Gasteiger partial charge in [0.25, 0.3) is 0 Å². The number of carboxylic acids is 1. The van der Waals surface area contributed by atoms with Gasteiger partial charge in [0, 0.05) is 9.58 Å². The highest BCUT2D eigenvalue weighted by atomic mass is 32.1. The number of carbonyl (C=O) groups is 1. The van der Waals surface area contributed by atoms with Gasteiger partial charge in [0.1, 0.15) is 18.8 Å². The molecule has 5 heteroatoms. The van der Waals surface area contributed by atoms with Crippen molar-refractivity contribution in [2.24, 2.45) is 0 Å². The van der Waals surface area contributed by atoms with E-state index in [-0.39, 0.29) is 5.56 Å². The molecule has 4 rings (SSSR count). The van der Waals surface area contributed by atoms with E-state index in [4.69, 9.17) is 9.47 Å². The molecule has 1 N–H and O–H groups in total. The number of carboxylic acid groups (broad SMARTS) is 1. The lowest BCUT2D eigenvalue weighted by Crippen LogP contribution is -2.18. The Morgan fingerprint density at radius 3 is 2.73 bits per heavy atom. The number of benzene rings is 2. The van der Waals surface area contributed by atoms with Crippen LogP contribution in [0.5, 0.6) is 11.5 Å². The summed E-state index contributed by atoms with van der Waals surface area (Å²) in [5.74, 6) is -0.188. The van der Waals surface area contributed by atoms with Crippen molar-refractivity contribution in [3.8, 4) is 21.9 Å². The van der Waals surface area contributed by atoms with Crippen LogP contribution < -0.4 is 9.47 Å². The van der Waals surface area contributed by atoms with Gasteiger partial charge in [-0.1, -0.05) is 18.2 Å². The topological polar surface area (TPSA) is 55.8 Å². The molecule has 0 aliphatic carbocycles. The Hall–Kier alpha value is -2.53. The molecular weight excluding hydrogens is 300 g/mol. The molecule has 110 valence electrons. The van der Waals surface area contributed by atoms with Crippen LogP contribution in [0.2, 0.25) is 0 Å². The second kappa shape index (κ2) is 5.03. The summed E-state index contributed by atoms with van der Waals surface area (Å²) < 4.78 is 12.2. The number of hydrogen-bond donors (Lipinski definition) is 1. The van der Waals surface area contributed by atoms with E-state index in [0.717, 1.165) is 15.8 Å². The van der Waals surface area contributed by atoms with Gasteiger partial charge in [0.05, 0.1) is 0 Å². The van der Waals surface area contributed by atoms with E-state index in [2.05, 4.69) is 12.1 Å². The molecule has 1 aromatic heterocycles. The smallest absolute Gasteiger partial charge is 0.339 e. The lowest BCUT2D eigenvalue weighted by atomic mass is 10.1. The van der Waals surface area contributed by atoms with E-state index in [1.165, 1.54) is 4.70 Å². The minimum atomic E-state index is -1.01. The first-order chi connectivity index (χ1) is 10.7. The number of hydrogen-bond acceptors (Lipinski definition) is 4. The summed E-state index contributed by atoms with van der Waals surface area (Å²) in [6.45, 7) is 0.803. The van der Waals surface area contributed by atoms with Crippen LogP contribution in [0.4, 0.5) is 0 Å². The van der Waals surface area contributed by atoms with Gasteiger partial charge in [-0.3, -0.25) is 0 Å².